The Morgan fingerprint density at radius 3 is 1.22 bits per heavy atom. The van der Waals surface area contributed by atoms with Gasteiger partial charge in [0.2, 0.25) is 8.32 Å². The van der Waals surface area contributed by atoms with Gasteiger partial charge in [-0.15, -0.1) is 0 Å². The first-order chi connectivity index (χ1) is 11.8. The van der Waals surface area contributed by atoms with E-state index in [4.69, 9.17) is 13.3 Å². The molecule has 2 atom stereocenters. The summed E-state index contributed by atoms with van der Waals surface area (Å²) in [4.78, 5) is 0. The molecule has 0 spiro atoms. The molecule has 0 rings (SSSR count). The van der Waals surface area contributed by atoms with Crippen LogP contribution in [0.2, 0.25) is 55.9 Å². The van der Waals surface area contributed by atoms with Crippen LogP contribution in [0.1, 0.15) is 62.3 Å². The minimum Gasteiger partial charge on any atom is -0.412 e. The van der Waals surface area contributed by atoms with Gasteiger partial charge in [-0.1, -0.05) is 41.5 Å². The molecular formula is C21H50O3Si3. The van der Waals surface area contributed by atoms with Gasteiger partial charge in [-0.05, 0) is 76.7 Å². The van der Waals surface area contributed by atoms with Gasteiger partial charge in [0, 0.05) is 0 Å². The maximum Gasteiger partial charge on any atom is 0.201 e. The molecule has 0 fully saturated rings. The zero-order valence-corrected chi connectivity index (χ0v) is 24.1. The van der Waals surface area contributed by atoms with Crippen molar-refractivity contribution in [1.82, 2.24) is 0 Å². The third kappa shape index (κ3) is 8.05. The van der Waals surface area contributed by atoms with Crippen LogP contribution >= 0.6 is 0 Å². The van der Waals surface area contributed by atoms with Crippen LogP contribution in [-0.4, -0.2) is 42.8 Å². The van der Waals surface area contributed by atoms with Gasteiger partial charge in [-0.3, -0.25) is 0 Å². The highest BCUT2D eigenvalue weighted by Gasteiger charge is 2.51. The molecule has 0 radical (unpaired) electrons. The Morgan fingerprint density at radius 2 is 0.963 bits per heavy atom. The predicted molar refractivity (Wildman–Crippen MR) is 128 cm³/mol. The average molecular weight is 435 g/mol. The van der Waals surface area contributed by atoms with Gasteiger partial charge >= 0.3 is 0 Å². The van der Waals surface area contributed by atoms with E-state index in [1.807, 2.05) is 0 Å². The van der Waals surface area contributed by atoms with Crippen LogP contribution in [0.3, 0.4) is 0 Å². The van der Waals surface area contributed by atoms with Crippen LogP contribution in [-0.2, 0) is 13.3 Å². The first-order valence-corrected chi connectivity index (χ1v) is 19.8. The normalized spacial score (nSPS) is 17.1. The van der Waals surface area contributed by atoms with Crippen LogP contribution in [0, 0.1) is 0 Å². The van der Waals surface area contributed by atoms with Crippen molar-refractivity contribution in [2.45, 2.75) is 136 Å². The second-order valence-corrected chi connectivity index (χ2v) is 25.9. The van der Waals surface area contributed by atoms with E-state index in [0.29, 0.717) is 16.6 Å². The highest BCUT2D eigenvalue weighted by atomic mass is 28.4. The van der Waals surface area contributed by atoms with E-state index < -0.39 is 25.0 Å². The first-order valence-electron chi connectivity index (χ1n) is 10.8. The average Bonchev–Trinajstić information content (AvgIpc) is 2.32. The zero-order valence-electron chi connectivity index (χ0n) is 21.1. The fourth-order valence-corrected chi connectivity index (χ4v) is 13.6. The zero-order chi connectivity index (χ0) is 22.0. The van der Waals surface area contributed by atoms with Crippen molar-refractivity contribution in [3.05, 3.63) is 0 Å². The van der Waals surface area contributed by atoms with Crippen molar-refractivity contribution in [2.75, 3.05) is 0 Å². The third-order valence-electron chi connectivity index (χ3n) is 5.26. The fraction of sp³-hybridized carbons (Fsp3) is 1.00. The summed E-state index contributed by atoms with van der Waals surface area (Å²) in [5.74, 6) is 0. The lowest BCUT2D eigenvalue weighted by Crippen LogP contribution is -2.61. The summed E-state index contributed by atoms with van der Waals surface area (Å²) in [5, 5.41) is 0. The van der Waals surface area contributed by atoms with E-state index in [0.717, 1.165) is 0 Å². The molecule has 0 aliphatic heterocycles. The van der Waals surface area contributed by atoms with Crippen molar-refractivity contribution < 1.29 is 13.3 Å². The maximum atomic E-state index is 7.27. The highest BCUT2D eigenvalue weighted by molar-refractivity contribution is 6.77. The Bertz CT molecular complexity index is 427. The summed E-state index contributed by atoms with van der Waals surface area (Å²) in [6, 6.07) is 0. The molecule has 0 aromatic heterocycles. The molecule has 0 aliphatic carbocycles. The van der Waals surface area contributed by atoms with Gasteiger partial charge in [0.15, 0.2) is 16.6 Å². The van der Waals surface area contributed by atoms with Crippen molar-refractivity contribution >= 4 is 25.0 Å². The minimum atomic E-state index is -2.04. The van der Waals surface area contributed by atoms with Gasteiger partial charge in [-0.2, -0.15) is 0 Å². The molecule has 0 saturated heterocycles. The Labute approximate surface area is 174 Å². The molecule has 0 amide bonds. The van der Waals surface area contributed by atoms with E-state index in [1.54, 1.807) is 0 Å². The Balaban J connectivity index is 6.17. The standard InChI is InChI=1S/C21H50O3Si3/c1-16(2)27(17(3)4,18(5)6)23-20(19(7)22-25(10,11)12)21(8,9)24-26(13,14)15/h16-20H,1-15H3/t19-,20+/m0/s1. The lowest BCUT2D eigenvalue weighted by molar-refractivity contribution is -0.0782. The molecule has 0 aliphatic rings. The fourth-order valence-electron chi connectivity index (χ4n) is 4.90. The van der Waals surface area contributed by atoms with Crippen molar-refractivity contribution in [3.8, 4) is 0 Å². The van der Waals surface area contributed by atoms with Crippen LogP contribution in [0.4, 0.5) is 0 Å². The second kappa shape index (κ2) is 9.56. The molecule has 0 bridgehead atoms. The quantitative estimate of drug-likeness (QED) is 0.317. The summed E-state index contributed by atoms with van der Waals surface area (Å²) in [5.41, 5.74) is 1.26. The maximum absolute atomic E-state index is 7.27. The van der Waals surface area contributed by atoms with E-state index in [2.05, 4.69) is 102 Å². The molecule has 0 heterocycles. The molecule has 0 N–H and O–H groups in total. The van der Waals surface area contributed by atoms with E-state index in [-0.39, 0.29) is 17.8 Å². The molecule has 0 aromatic rings. The molecular weight excluding hydrogens is 384 g/mol. The lowest BCUT2D eigenvalue weighted by Gasteiger charge is -2.51. The summed E-state index contributed by atoms with van der Waals surface area (Å²) < 4.78 is 20.5. The van der Waals surface area contributed by atoms with Gasteiger partial charge in [0.05, 0.1) is 17.8 Å². The molecule has 0 saturated carbocycles. The summed E-state index contributed by atoms with van der Waals surface area (Å²) in [6.45, 7) is 34.2. The summed E-state index contributed by atoms with van der Waals surface area (Å²) in [7, 11) is -5.45. The second-order valence-electron chi connectivity index (χ2n) is 11.6. The third-order valence-corrected chi connectivity index (χ3v) is 13.6. The summed E-state index contributed by atoms with van der Waals surface area (Å²) in [6.07, 6.45) is -0.0408. The van der Waals surface area contributed by atoms with Crippen molar-refractivity contribution in [3.63, 3.8) is 0 Å². The van der Waals surface area contributed by atoms with E-state index >= 15 is 0 Å². The van der Waals surface area contributed by atoms with Gasteiger partial charge in [0.25, 0.3) is 0 Å². The molecule has 0 unspecified atom stereocenters. The van der Waals surface area contributed by atoms with E-state index in [1.165, 1.54) is 0 Å². The highest BCUT2D eigenvalue weighted by Crippen LogP contribution is 2.45. The number of hydrogen-bond donors (Lipinski definition) is 0. The topological polar surface area (TPSA) is 27.7 Å². The Hall–Kier alpha value is 0.531. The lowest BCUT2D eigenvalue weighted by atomic mass is 9.98. The van der Waals surface area contributed by atoms with Crippen molar-refractivity contribution in [1.29, 1.82) is 0 Å². The van der Waals surface area contributed by atoms with E-state index in [9.17, 15) is 0 Å². The predicted octanol–water partition coefficient (Wildman–Crippen LogP) is 7.42. The molecule has 0 aromatic carbocycles. The monoisotopic (exact) mass is 434 g/mol. The van der Waals surface area contributed by atoms with Crippen molar-refractivity contribution in [2.24, 2.45) is 0 Å². The van der Waals surface area contributed by atoms with Gasteiger partial charge in [-0.25, -0.2) is 0 Å². The minimum absolute atomic E-state index is 0.0196. The Kier molecular flexibility index (Phi) is 9.75. The van der Waals surface area contributed by atoms with Gasteiger partial charge in [0.1, 0.15) is 0 Å². The largest absolute Gasteiger partial charge is 0.412 e. The Morgan fingerprint density at radius 1 is 0.593 bits per heavy atom. The SMILES string of the molecule is CC(C)[Si](O[C@H]([C@H](C)O[Si](C)(C)C)C(C)(C)O[Si](C)(C)C)(C(C)C)C(C)C. The van der Waals surface area contributed by atoms with Crippen LogP contribution in [0.15, 0.2) is 0 Å². The summed E-state index contributed by atoms with van der Waals surface area (Å²) >= 11 is 0. The van der Waals surface area contributed by atoms with Crippen LogP contribution in [0.25, 0.3) is 0 Å². The smallest absolute Gasteiger partial charge is 0.201 e. The van der Waals surface area contributed by atoms with Crippen LogP contribution < -0.4 is 0 Å². The molecule has 3 nitrogen and oxygen atoms in total. The molecule has 6 heteroatoms. The first kappa shape index (κ1) is 27.5. The van der Waals surface area contributed by atoms with Gasteiger partial charge < -0.3 is 13.3 Å². The van der Waals surface area contributed by atoms with Crippen LogP contribution in [0.5, 0.6) is 0 Å². The number of rotatable bonds is 11. The molecule has 27 heavy (non-hydrogen) atoms. The molecule has 164 valence electrons. The number of hydrogen-bond acceptors (Lipinski definition) is 3.